The summed E-state index contributed by atoms with van der Waals surface area (Å²) in [5.41, 5.74) is 0.661. The molecule has 23 heavy (non-hydrogen) atoms. The van der Waals surface area contributed by atoms with Gasteiger partial charge in [-0.2, -0.15) is 4.31 Å². The standard InChI is InChI=1S/C17H22N2O3S/c1-13(12-20)19(11-14-5-2-6-14)23(21,22)17-9-3-8-16-15(17)7-4-10-18-16/h3-4,7-10,13-14,20H,2,5-6,11-12H2,1H3/t13-/m0/s1. The first-order valence-electron chi connectivity index (χ1n) is 8.00. The van der Waals surface area contributed by atoms with E-state index in [0.717, 1.165) is 19.3 Å². The Labute approximate surface area is 137 Å². The van der Waals surface area contributed by atoms with Crippen molar-refractivity contribution in [2.24, 2.45) is 5.92 Å². The summed E-state index contributed by atoms with van der Waals surface area (Å²) in [6.07, 6.45) is 4.92. The van der Waals surface area contributed by atoms with Crippen LogP contribution in [-0.2, 0) is 10.0 Å². The molecule has 6 heteroatoms. The van der Waals surface area contributed by atoms with Crippen molar-refractivity contribution >= 4 is 20.9 Å². The van der Waals surface area contributed by atoms with Gasteiger partial charge < -0.3 is 5.11 Å². The zero-order valence-electron chi connectivity index (χ0n) is 13.2. The molecule has 0 bridgehead atoms. The summed E-state index contributed by atoms with van der Waals surface area (Å²) in [5, 5.41) is 10.1. The van der Waals surface area contributed by atoms with E-state index in [0.29, 0.717) is 23.4 Å². The van der Waals surface area contributed by atoms with Gasteiger partial charge in [0.05, 0.1) is 17.0 Å². The van der Waals surface area contributed by atoms with Crippen LogP contribution in [0.25, 0.3) is 10.9 Å². The molecule has 0 saturated heterocycles. The monoisotopic (exact) mass is 334 g/mol. The molecule has 1 aromatic heterocycles. The first-order valence-corrected chi connectivity index (χ1v) is 9.44. The number of aliphatic hydroxyl groups excluding tert-OH is 1. The van der Waals surface area contributed by atoms with Gasteiger partial charge in [-0.1, -0.05) is 12.5 Å². The van der Waals surface area contributed by atoms with Crippen LogP contribution in [0.1, 0.15) is 26.2 Å². The van der Waals surface area contributed by atoms with Gasteiger partial charge in [-0.25, -0.2) is 8.42 Å². The molecule has 0 radical (unpaired) electrons. The topological polar surface area (TPSA) is 70.5 Å². The molecular weight excluding hydrogens is 312 g/mol. The fourth-order valence-corrected chi connectivity index (χ4v) is 4.86. The second kappa shape index (κ2) is 6.55. The summed E-state index contributed by atoms with van der Waals surface area (Å²) in [5.74, 6) is 0.395. The molecule has 0 spiro atoms. The lowest BCUT2D eigenvalue weighted by Crippen LogP contribution is -2.44. The van der Waals surface area contributed by atoms with E-state index in [9.17, 15) is 13.5 Å². The van der Waals surface area contributed by atoms with Crippen molar-refractivity contribution in [2.45, 2.75) is 37.1 Å². The van der Waals surface area contributed by atoms with Crippen LogP contribution < -0.4 is 0 Å². The number of aliphatic hydroxyl groups is 1. The maximum Gasteiger partial charge on any atom is 0.244 e. The Kier molecular flexibility index (Phi) is 4.66. The van der Waals surface area contributed by atoms with E-state index in [1.165, 1.54) is 4.31 Å². The lowest BCUT2D eigenvalue weighted by atomic mass is 9.85. The second-order valence-electron chi connectivity index (χ2n) is 6.23. The van der Waals surface area contributed by atoms with Gasteiger partial charge in [-0.15, -0.1) is 0 Å². The van der Waals surface area contributed by atoms with Gasteiger partial charge in [0.15, 0.2) is 0 Å². The molecule has 1 N–H and O–H groups in total. The molecule has 1 fully saturated rings. The minimum absolute atomic E-state index is 0.186. The van der Waals surface area contributed by atoms with Crippen molar-refractivity contribution < 1.29 is 13.5 Å². The van der Waals surface area contributed by atoms with Gasteiger partial charge in [0.2, 0.25) is 10.0 Å². The molecule has 124 valence electrons. The number of fused-ring (bicyclic) bond motifs is 1. The SMILES string of the molecule is C[C@@H](CO)N(CC1CCC1)S(=O)(=O)c1cccc2ncccc12. The fraction of sp³-hybridized carbons (Fsp3) is 0.471. The van der Waals surface area contributed by atoms with E-state index in [-0.39, 0.29) is 11.5 Å². The maximum atomic E-state index is 13.2. The predicted octanol–water partition coefficient (Wildman–Crippen LogP) is 2.41. The lowest BCUT2D eigenvalue weighted by molar-refractivity contribution is 0.162. The normalized spacial score (nSPS) is 17.3. The van der Waals surface area contributed by atoms with Crippen molar-refractivity contribution in [3.63, 3.8) is 0 Å². The Balaban J connectivity index is 2.05. The number of hydrogen-bond acceptors (Lipinski definition) is 4. The van der Waals surface area contributed by atoms with Gasteiger partial charge in [0, 0.05) is 24.2 Å². The highest BCUT2D eigenvalue weighted by atomic mass is 32.2. The Morgan fingerprint density at radius 2 is 2.09 bits per heavy atom. The van der Waals surface area contributed by atoms with Gasteiger partial charge >= 0.3 is 0 Å². The molecule has 1 saturated carbocycles. The minimum atomic E-state index is -3.68. The van der Waals surface area contributed by atoms with E-state index >= 15 is 0 Å². The van der Waals surface area contributed by atoms with E-state index in [2.05, 4.69) is 4.98 Å². The van der Waals surface area contributed by atoms with E-state index < -0.39 is 16.1 Å². The number of hydrogen-bond donors (Lipinski definition) is 1. The van der Waals surface area contributed by atoms with Crippen molar-refractivity contribution in [1.29, 1.82) is 0 Å². The van der Waals surface area contributed by atoms with Crippen LogP contribution in [0.3, 0.4) is 0 Å². The first-order chi connectivity index (χ1) is 11.0. The minimum Gasteiger partial charge on any atom is -0.395 e. The molecule has 0 aliphatic heterocycles. The summed E-state index contributed by atoms with van der Waals surface area (Å²) >= 11 is 0. The summed E-state index contributed by atoms with van der Waals surface area (Å²) < 4.78 is 27.9. The van der Waals surface area contributed by atoms with Crippen molar-refractivity contribution in [3.8, 4) is 0 Å². The summed E-state index contributed by atoms with van der Waals surface area (Å²) in [6, 6.07) is 8.23. The highest BCUT2D eigenvalue weighted by Gasteiger charge is 2.33. The quantitative estimate of drug-likeness (QED) is 0.881. The molecule has 0 unspecified atom stereocenters. The highest BCUT2D eigenvalue weighted by molar-refractivity contribution is 7.89. The Morgan fingerprint density at radius 1 is 1.30 bits per heavy atom. The smallest absolute Gasteiger partial charge is 0.244 e. The molecule has 5 nitrogen and oxygen atoms in total. The van der Waals surface area contributed by atoms with Crippen molar-refractivity contribution in [3.05, 3.63) is 36.5 Å². The molecular formula is C17H22N2O3S. The van der Waals surface area contributed by atoms with Gasteiger partial charge in [0.1, 0.15) is 0 Å². The van der Waals surface area contributed by atoms with E-state index in [4.69, 9.17) is 0 Å². The summed E-state index contributed by atoms with van der Waals surface area (Å²) in [7, 11) is -3.68. The summed E-state index contributed by atoms with van der Waals surface area (Å²) in [6.45, 7) is 2.04. The molecule has 1 aromatic carbocycles. The largest absolute Gasteiger partial charge is 0.395 e. The molecule has 3 rings (SSSR count). The Hall–Kier alpha value is -1.50. The van der Waals surface area contributed by atoms with Crippen LogP contribution >= 0.6 is 0 Å². The second-order valence-corrected chi connectivity index (χ2v) is 8.09. The number of aromatic nitrogens is 1. The third-order valence-corrected chi connectivity index (χ3v) is 6.65. The molecule has 1 heterocycles. The van der Waals surface area contributed by atoms with Crippen LogP contribution in [0.2, 0.25) is 0 Å². The Morgan fingerprint density at radius 3 is 2.74 bits per heavy atom. The molecule has 0 amide bonds. The van der Waals surface area contributed by atoms with Crippen molar-refractivity contribution in [1.82, 2.24) is 9.29 Å². The molecule has 1 aliphatic carbocycles. The van der Waals surface area contributed by atoms with Crippen LogP contribution in [0.4, 0.5) is 0 Å². The van der Waals surface area contributed by atoms with Crippen LogP contribution in [0, 0.1) is 5.92 Å². The number of benzene rings is 1. The predicted molar refractivity (Wildman–Crippen MR) is 89.5 cm³/mol. The Bertz CT molecular complexity index is 782. The van der Waals surface area contributed by atoms with E-state index in [1.807, 2.05) is 0 Å². The zero-order valence-corrected chi connectivity index (χ0v) is 14.0. The number of pyridine rings is 1. The number of rotatable bonds is 6. The van der Waals surface area contributed by atoms with Gasteiger partial charge in [-0.05, 0) is 49.9 Å². The average molecular weight is 334 g/mol. The average Bonchev–Trinajstić information content (AvgIpc) is 2.52. The van der Waals surface area contributed by atoms with Crippen molar-refractivity contribution in [2.75, 3.05) is 13.2 Å². The highest BCUT2D eigenvalue weighted by Crippen LogP contribution is 2.31. The van der Waals surface area contributed by atoms with Gasteiger partial charge in [0.25, 0.3) is 0 Å². The molecule has 2 aromatic rings. The fourth-order valence-electron chi connectivity index (χ4n) is 2.96. The van der Waals surface area contributed by atoms with Crippen LogP contribution in [0.15, 0.2) is 41.4 Å². The molecule has 1 atom stereocenters. The van der Waals surface area contributed by atoms with Crippen LogP contribution in [0.5, 0.6) is 0 Å². The number of sulfonamides is 1. The van der Waals surface area contributed by atoms with Gasteiger partial charge in [-0.3, -0.25) is 4.98 Å². The zero-order chi connectivity index (χ0) is 16.4. The lowest BCUT2D eigenvalue weighted by Gasteiger charge is -2.34. The number of nitrogens with zero attached hydrogens (tertiary/aromatic N) is 2. The molecule has 1 aliphatic rings. The maximum absolute atomic E-state index is 13.2. The third-order valence-electron chi connectivity index (χ3n) is 4.61. The third kappa shape index (κ3) is 3.11. The summed E-state index contributed by atoms with van der Waals surface area (Å²) in [4.78, 5) is 4.50. The first kappa shape index (κ1) is 16.4. The van der Waals surface area contributed by atoms with Crippen LogP contribution in [-0.4, -0.2) is 42.0 Å². The van der Waals surface area contributed by atoms with E-state index in [1.54, 1.807) is 43.5 Å².